The maximum absolute atomic E-state index is 10.6. The molecular weight excluding hydrogens is 400 g/mol. The predicted molar refractivity (Wildman–Crippen MR) is 126 cm³/mol. The number of nitrogens with zero attached hydrogens (tertiary/aromatic N) is 5. The third-order valence-electron chi connectivity index (χ3n) is 7.19. The summed E-state index contributed by atoms with van der Waals surface area (Å²) in [6.45, 7) is 2.02. The molecule has 3 aromatic rings. The minimum absolute atomic E-state index is 0.354. The fourth-order valence-electron chi connectivity index (χ4n) is 5.36. The van der Waals surface area contributed by atoms with E-state index in [0.29, 0.717) is 11.2 Å². The van der Waals surface area contributed by atoms with Gasteiger partial charge in [0.2, 0.25) is 0 Å². The highest BCUT2D eigenvalue weighted by Gasteiger charge is 2.36. The average molecular weight is 429 g/mol. The maximum atomic E-state index is 10.6. The number of hydrogen-bond donors (Lipinski definition) is 1. The van der Waals surface area contributed by atoms with E-state index in [2.05, 4.69) is 43.6 Å². The van der Waals surface area contributed by atoms with Gasteiger partial charge in [0.05, 0.1) is 11.1 Å². The molecule has 1 aliphatic carbocycles. The Bertz CT molecular complexity index is 1200. The molecule has 2 N–H and O–H groups in total. The number of aryl methyl sites for hydroxylation is 1. The van der Waals surface area contributed by atoms with Crippen LogP contribution in [0.3, 0.4) is 0 Å². The number of piperidine rings is 1. The minimum Gasteiger partial charge on any atom is -0.383 e. The minimum atomic E-state index is 0.354. The highest BCUT2D eigenvalue weighted by Crippen LogP contribution is 2.48. The van der Waals surface area contributed by atoms with Crippen molar-refractivity contribution in [2.75, 3.05) is 18.8 Å². The number of pyridine rings is 1. The third kappa shape index (κ3) is 3.47. The van der Waals surface area contributed by atoms with Crippen molar-refractivity contribution in [3.05, 3.63) is 54.9 Å². The molecule has 1 spiro atoms. The number of allylic oxidation sites excluding steroid dienone is 3. The summed E-state index contributed by atoms with van der Waals surface area (Å²) in [5.41, 5.74) is 12.2. The lowest BCUT2D eigenvalue weighted by Crippen LogP contribution is -2.38. The molecule has 0 aromatic carbocycles. The molecule has 0 bridgehead atoms. The van der Waals surface area contributed by atoms with Crippen molar-refractivity contribution >= 4 is 28.7 Å². The molecule has 0 atom stereocenters. The fourth-order valence-corrected chi connectivity index (χ4v) is 5.36. The molecule has 0 saturated carbocycles. The number of likely N-dealkylation sites (tertiary alicyclic amines) is 1. The van der Waals surface area contributed by atoms with E-state index in [1.807, 2.05) is 18.5 Å². The molecule has 0 amide bonds. The van der Waals surface area contributed by atoms with Gasteiger partial charge in [0.25, 0.3) is 0 Å². The van der Waals surface area contributed by atoms with Crippen LogP contribution in [-0.4, -0.2) is 43.8 Å². The molecule has 1 aliphatic heterocycles. The first-order valence-corrected chi connectivity index (χ1v) is 11.2. The van der Waals surface area contributed by atoms with Crippen LogP contribution in [0.25, 0.3) is 27.7 Å². The number of carbonyl (C=O) groups excluding carboxylic acids is 1. The van der Waals surface area contributed by atoms with Gasteiger partial charge in [-0.3, -0.25) is 9.78 Å². The highest BCUT2D eigenvalue weighted by molar-refractivity contribution is 6.05. The quantitative estimate of drug-likeness (QED) is 0.499. The van der Waals surface area contributed by atoms with Crippen LogP contribution in [0, 0.1) is 5.41 Å². The Hall–Kier alpha value is -3.48. The Morgan fingerprint density at radius 3 is 2.72 bits per heavy atom. The smallest absolute Gasteiger partial charge is 0.146 e. The Balaban J connectivity index is 1.51. The Morgan fingerprint density at radius 2 is 2.03 bits per heavy atom. The summed E-state index contributed by atoms with van der Waals surface area (Å²) < 4.78 is 2.16. The Labute approximate surface area is 187 Å². The second-order valence-corrected chi connectivity index (χ2v) is 8.93. The molecular formula is C25H28N6O. The highest BCUT2D eigenvalue weighted by atomic mass is 16.1. The van der Waals surface area contributed by atoms with Gasteiger partial charge in [0, 0.05) is 49.9 Å². The van der Waals surface area contributed by atoms with Crippen molar-refractivity contribution in [1.82, 2.24) is 24.4 Å². The Morgan fingerprint density at radius 1 is 1.19 bits per heavy atom. The van der Waals surface area contributed by atoms with E-state index in [-0.39, 0.29) is 0 Å². The molecule has 32 heavy (non-hydrogen) atoms. The van der Waals surface area contributed by atoms with E-state index in [0.717, 1.165) is 67.2 Å². The largest absolute Gasteiger partial charge is 0.383 e. The number of nitrogens with two attached hydrogens (primary N) is 1. The van der Waals surface area contributed by atoms with Gasteiger partial charge < -0.3 is 15.2 Å². The molecule has 3 aromatic heterocycles. The number of rotatable bonds is 4. The van der Waals surface area contributed by atoms with E-state index in [1.165, 1.54) is 24.0 Å². The lowest BCUT2D eigenvalue weighted by molar-refractivity contribution is -0.104. The van der Waals surface area contributed by atoms with Gasteiger partial charge in [0.15, 0.2) is 0 Å². The van der Waals surface area contributed by atoms with E-state index in [4.69, 9.17) is 5.73 Å². The molecule has 7 nitrogen and oxygen atoms in total. The zero-order valence-corrected chi connectivity index (χ0v) is 18.4. The molecule has 164 valence electrons. The van der Waals surface area contributed by atoms with Crippen LogP contribution in [0.5, 0.6) is 0 Å². The Kier molecular flexibility index (Phi) is 5.25. The summed E-state index contributed by atoms with van der Waals surface area (Å²) in [6, 6.07) is 4.03. The molecule has 1 fully saturated rings. The van der Waals surface area contributed by atoms with Gasteiger partial charge in [-0.25, -0.2) is 9.97 Å². The molecule has 0 unspecified atom stereocenters. The van der Waals surface area contributed by atoms with Gasteiger partial charge in [-0.15, -0.1) is 0 Å². The number of aromatic nitrogens is 4. The number of nitrogen functional groups attached to an aromatic ring is 1. The van der Waals surface area contributed by atoms with Crippen molar-refractivity contribution in [1.29, 1.82) is 0 Å². The number of fused-ring (bicyclic) bond motifs is 1. The van der Waals surface area contributed by atoms with Gasteiger partial charge >= 0.3 is 0 Å². The maximum Gasteiger partial charge on any atom is 0.146 e. The number of hydrogen-bond acceptors (Lipinski definition) is 6. The van der Waals surface area contributed by atoms with Gasteiger partial charge in [-0.1, -0.05) is 12.1 Å². The van der Waals surface area contributed by atoms with Gasteiger partial charge in [-0.2, -0.15) is 0 Å². The summed E-state index contributed by atoms with van der Waals surface area (Å²) in [6.07, 6.45) is 17.6. The summed E-state index contributed by atoms with van der Waals surface area (Å²) in [7, 11) is 2.06. The van der Waals surface area contributed by atoms with Crippen molar-refractivity contribution in [3.8, 4) is 11.1 Å². The van der Waals surface area contributed by atoms with E-state index >= 15 is 0 Å². The average Bonchev–Trinajstić information content (AvgIpc) is 3.14. The first-order chi connectivity index (χ1) is 15.6. The van der Waals surface area contributed by atoms with Crippen molar-refractivity contribution in [2.24, 2.45) is 12.5 Å². The van der Waals surface area contributed by atoms with Gasteiger partial charge in [0.1, 0.15) is 24.1 Å². The standard InChI is InChI=1S/C25H28N6O/c1-30-22(18-5-7-25(8-6-18)9-13-31(14-10-25)12-3-15-32)20(19-4-2-11-27-16-19)21-23(26)28-17-29-24(21)30/h2-5,11-12,15-17H,6-10,13-14H2,1H3,(H2,26,28,29). The third-order valence-corrected chi connectivity index (χ3v) is 7.19. The first kappa shape index (κ1) is 20.4. The second kappa shape index (κ2) is 8.22. The summed E-state index contributed by atoms with van der Waals surface area (Å²) in [5, 5.41) is 0.898. The zero-order valence-electron chi connectivity index (χ0n) is 18.4. The van der Waals surface area contributed by atoms with Crippen LogP contribution >= 0.6 is 0 Å². The topological polar surface area (TPSA) is 89.9 Å². The molecule has 7 heteroatoms. The van der Waals surface area contributed by atoms with E-state index < -0.39 is 0 Å². The van der Waals surface area contributed by atoms with Gasteiger partial charge in [-0.05, 0) is 55.2 Å². The van der Waals surface area contributed by atoms with Crippen molar-refractivity contribution in [2.45, 2.75) is 32.1 Å². The SMILES string of the molecule is Cn1c(C2=CCC3(CC2)CCN(C=CC=O)CC3)c(-c2cccnc2)c2c(N)ncnc21. The van der Waals surface area contributed by atoms with Crippen LogP contribution in [0.2, 0.25) is 0 Å². The van der Waals surface area contributed by atoms with Crippen LogP contribution < -0.4 is 5.73 Å². The van der Waals surface area contributed by atoms with E-state index in [9.17, 15) is 4.79 Å². The number of aldehydes is 1. The first-order valence-electron chi connectivity index (χ1n) is 11.2. The van der Waals surface area contributed by atoms with Crippen LogP contribution in [0.15, 0.2) is 49.2 Å². The number of carbonyl (C=O) groups is 1. The summed E-state index contributed by atoms with van der Waals surface area (Å²) in [4.78, 5) is 26.0. The summed E-state index contributed by atoms with van der Waals surface area (Å²) >= 11 is 0. The van der Waals surface area contributed by atoms with Crippen LogP contribution in [0.4, 0.5) is 5.82 Å². The lowest BCUT2D eigenvalue weighted by Gasteiger charge is -2.43. The normalized spacial score (nSPS) is 18.4. The number of anilines is 1. The fraction of sp³-hybridized carbons (Fsp3) is 0.360. The van der Waals surface area contributed by atoms with Crippen LogP contribution in [-0.2, 0) is 11.8 Å². The zero-order chi connectivity index (χ0) is 22.1. The molecule has 4 heterocycles. The van der Waals surface area contributed by atoms with E-state index in [1.54, 1.807) is 12.3 Å². The second-order valence-electron chi connectivity index (χ2n) is 8.93. The monoisotopic (exact) mass is 428 g/mol. The molecule has 2 aliphatic rings. The molecule has 1 saturated heterocycles. The lowest BCUT2D eigenvalue weighted by atomic mass is 9.68. The van der Waals surface area contributed by atoms with Crippen molar-refractivity contribution < 1.29 is 4.79 Å². The van der Waals surface area contributed by atoms with Crippen LogP contribution in [0.1, 0.15) is 37.8 Å². The molecule has 0 radical (unpaired) electrons. The predicted octanol–water partition coefficient (Wildman–Crippen LogP) is 3.97. The molecule has 5 rings (SSSR count). The summed E-state index contributed by atoms with van der Waals surface area (Å²) in [5.74, 6) is 0.499. The van der Waals surface area contributed by atoms with Crippen molar-refractivity contribution in [3.63, 3.8) is 0 Å².